The summed E-state index contributed by atoms with van der Waals surface area (Å²) in [6, 6.07) is -4.31. The minimum atomic E-state index is -1.26. The molecule has 5 unspecified atom stereocenters. The number of amides is 4. The maximum Gasteiger partial charge on any atom is 0.325 e. The van der Waals surface area contributed by atoms with Crippen molar-refractivity contribution in [1.82, 2.24) is 16.0 Å². The van der Waals surface area contributed by atoms with Gasteiger partial charge in [0.1, 0.15) is 18.1 Å². The number of hydrogen-bond donors (Lipinski definition) is 7. The van der Waals surface area contributed by atoms with Gasteiger partial charge >= 0.3 is 5.97 Å². The van der Waals surface area contributed by atoms with E-state index in [1.807, 2.05) is 6.92 Å². The molecular weight excluding hydrogens is 402 g/mol. The van der Waals surface area contributed by atoms with Crippen LogP contribution in [0.1, 0.15) is 40.0 Å². The van der Waals surface area contributed by atoms with Gasteiger partial charge in [0.25, 0.3) is 0 Å². The van der Waals surface area contributed by atoms with Gasteiger partial charge in [0.2, 0.25) is 23.6 Å². The van der Waals surface area contributed by atoms with Crippen molar-refractivity contribution in [2.24, 2.45) is 17.4 Å². The molecule has 0 aliphatic rings. The van der Waals surface area contributed by atoms with Gasteiger partial charge in [0.15, 0.2) is 0 Å². The highest BCUT2D eigenvalue weighted by Crippen LogP contribution is 2.10. The van der Waals surface area contributed by atoms with Gasteiger partial charge in [-0.3, -0.25) is 24.0 Å². The van der Waals surface area contributed by atoms with Gasteiger partial charge in [0.05, 0.1) is 6.04 Å². The summed E-state index contributed by atoms with van der Waals surface area (Å²) in [4.78, 5) is 59.3. The fourth-order valence-corrected chi connectivity index (χ4v) is 2.40. The highest BCUT2D eigenvalue weighted by molar-refractivity contribution is 7.80. The molecule has 12 heteroatoms. The number of aliphatic carboxylic acids is 1. The number of carbonyl (C=O) groups is 5. The van der Waals surface area contributed by atoms with Crippen molar-refractivity contribution in [3.63, 3.8) is 0 Å². The first-order valence-electron chi connectivity index (χ1n) is 9.23. The molecule has 0 saturated heterocycles. The summed E-state index contributed by atoms with van der Waals surface area (Å²) in [7, 11) is 0. The summed E-state index contributed by atoms with van der Waals surface area (Å²) in [6.45, 7) is 4.82. The number of thiol groups is 1. The molecule has 0 aromatic rings. The van der Waals surface area contributed by atoms with Crippen LogP contribution in [0.15, 0.2) is 0 Å². The number of primary amides is 1. The number of hydrogen-bond acceptors (Lipinski definition) is 7. The molecule has 0 radical (unpaired) electrons. The zero-order valence-corrected chi connectivity index (χ0v) is 17.7. The second-order valence-electron chi connectivity index (χ2n) is 6.80. The summed E-state index contributed by atoms with van der Waals surface area (Å²) < 4.78 is 0. The highest BCUT2D eigenvalue weighted by Gasteiger charge is 2.31. The number of carboxylic acid groups (broad SMARTS) is 1. The Morgan fingerprint density at radius 3 is 2.03 bits per heavy atom. The standard InChI is InChI=1S/C17H31N5O6S/c1-4-8(2)13(22-14(24)10(18)7-29)16(26)21-11(5-6-12(19)23)15(25)20-9(3)17(27)28/h8-11,13,29H,4-7,18H2,1-3H3,(H2,19,23)(H,20,25)(H,21,26)(H,22,24)(H,27,28). The van der Waals surface area contributed by atoms with Gasteiger partial charge in [-0.05, 0) is 19.3 Å². The quantitative estimate of drug-likeness (QED) is 0.165. The van der Waals surface area contributed by atoms with Crippen LogP contribution in [0, 0.1) is 5.92 Å². The van der Waals surface area contributed by atoms with E-state index in [9.17, 15) is 24.0 Å². The zero-order chi connectivity index (χ0) is 22.7. The third-order valence-electron chi connectivity index (χ3n) is 4.37. The molecule has 0 aliphatic heterocycles. The lowest BCUT2D eigenvalue weighted by Crippen LogP contribution is -2.58. The number of rotatable bonds is 13. The summed E-state index contributed by atoms with van der Waals surface area (Å²) >= 11 is 3.95. The lowest BCUT2D eigenvalue weighted by atomic mass is 9.97. The second-order valence-corrected chi connectivity index (χ2v) is 7.16. The van der Waals surface area contributed by atoms with Crippen LogP contribution in [-0.2, 0) is 24.0 Å². The Hall–Kier alpha value is -2.34. The molecule has 0 bridgehead atoms. The molecule has 0 aromatic heterocycles. The van der Waals surface area contributed by atoms with Gasteiger partial charge in [-0.2, -0.15) is 12.6 Å². The third kappa shape index (κ3) is 9.61. The van der Waals surface area contributed by atoms with E-state index in [1.165, 1.54) is 6.92 Å². The smallest absolute Gasteiger partial charge is 0.325 e. The lowest BCUT2D eigenvalue weighted by Gasteiger charge is -2.27. The summed E-state index contributed by atoms with van der Waals surface area (Å²) in [5.41, 5.74) is 10.7. The Kier molecular flexibility index (Phi) is 11.9. The van der Waals surface area contributed by atoms with Crippen molar-refractivity contribution >= 4 is 42.2 Å². The SMILES string of the molecule is CCC(C)C(NC(=O)C(N)CS)C(=O)NC(CCC(N)=O)C(=O)NC(C)C(=O)O. The van der Waals surface area contributed by atoms with Gasteiger partial charge in [-0.25, -0.2) is 0 Å². The average molecular weight is 434 g/mol. The van der Waals surface area contributed by atoms with Crippen molar-refractivity contribution in [3.05, 3.63) is 0 Å². The van der Waals surface area contributed by atoms with E-state index in [-0.39, 0.29) is 24.5 Å². The predicted molar refractivity (Wildman–Crippen MR) is 109 cm³/mol. The fourth-order valence-electron chi connectivity index (χ4n) is 2.24. The van der Waals surface area contributed by atoms with E-state index in [0.717, 1.165) is 0 Å². The molecule has 0 aliphatic carbocycles. The van der Waals surface area contributed by atoms with Gasteiger partial charge in [-0.15, -0.1) is 0 Å². The van der Waals surface area contributed by atoms with Crippen LogP contribution in [0.25, 0.3) is 0 Å². The Morgan fingerprint density at radius 2 is 1.59 bits per heavy atom. The van der Waals surface area contributed by atoms with Crippen molar-refractivity contribution in [1.29, 1.82) is 0 Å². The molecule has 8 N–H and O–H groups in total. The molecule has 0 saturated carbocycles. The molecule has 0 rings (SSSR count). The normalized spacial score (nSPS) is 15.9. The first-order valence-corrected chi connectivity index (χ1v) is 9.86. The number of carboxylic acids is 1. The lowest BCUT2D eigenvalue weighted by molar-refractivity contribution is -0.142. The maximum atomic E-state index is 12.8. The Morgan fingerprint density at radius 1 is 1.00 bits per heavy atom. The maximum absolute atomic E-state index is 12.8. The first kappa shape index (κ1) is 26.7. The van der Waals surface area contributed by atoms with E-state index in [1.54, 1.807) is 6.92 Å². The molecule has 0 heterocycles. The summed E-state index contributed by atoms with van der Waals surface area (Å²) in [5.74, 6) is -4.17. The zero-order valence-electron chi connectivity index (χ0n) is 16.8. The number of nitrogens with two attached hydrogens (primary N) is 2. The minimum absolute atomic E-state index is 0.0808. The van der Waals surface area contributed by atoms with Crippen LogP contribution in [0.3, 0.4) is 0 Å². The summed E-state index contributed by atoms with van der Waals surface area (Å²) in [5, 5.41) is 16.2. The van der Waals surface area contributed by atoms with Crippen LogP contribution in [0.5, 0.6) is 0 Å². The second kappa shape index (κ2) is 13.0. The molecule has 5 atom stereocenters. The monoisotopic (exact) mass is 433 g/mol. The van der Waals surface area contributed by atoms with E-state index in [0.29, 0.717) is 6.42 Å². The fraction of sp³-hybridized carbons (Fsp3) is 0.706. The molecule has 0 fully saturated rings. The van der Waals surface area contributed by atoms with Crippen molar-refractivity contribution in [2.75, 3.05) is 5.75 Å². The largest absolute Gasteiger partial charge is 0.480 e. The van der Waals surface area contributed by atoms with Gasteiger partial charge in [0, 0.05) is 12.2 Å². The van der Waals surface area contributed by atoms with E-state index in [4.69, 9.17) is 16.6 Å². The molecule has 4 amide bonds. The van der Waals surface area contributed by atoms with Crippen LogP contribution in [0.4, 0.5) is 0 Å². The minimum Gasteiger partial charge on any atom is -0.480 e. The van der Waals surface area contributed by atoms with E-state index < -0.39 is 53.8 Å². The molecule has 0 spiro atoms. The number of nitrogens with one attached hydrogen (secondary N) is 3. The Balaban J connectivity index is 5.41. The van der Waals surface area contributed by atoms with Gasteiger partial charge in [-0.1, -0.05) is 20.3 Å². The van der Waals surface area contributed by atoms with Crippen LogP contribution in [-0.4, -0.2) is 64.6 Å². The average Bonchev–Trinajstić information content (AvgIpc) is 2.66. The van der Waals surface area contributed by atoms with Crippen molar-refractivity contribution in [3.8, 4) is 0 Å². The summed E-state index contributed by atoms with van der Waals surface area (Å²) in [6.07, 6.45) is 0.212. The first-order chi connectivity index (χ1) is 13.4. The Bertz CT molecular complexity index is 617. The topological polar surface area (TPSA) is 194 Å². The Labute approximate surface area is 175 Å². The molecule has 11 nitrogen and oxygen atoms in total. The third-order valence-corrected chi connectivity index (χ3v) is 4.76. The van der Waals surface area contributed by atoms with Gasteiger partial charge < -0.3 is 32.5 Å². The van der Waals surface area contributed by atoms with Crippen molar-refractivity contribution in [2.45, 2.75) is 64.2 Å². The predicted octanol–water partition coefficient (Wildman–Crippen LogP) is -1.89. The van der Waals surface area contributed by atoms with Crippen molar-refractivity contribution < 1.29 is 29.1 Å². The molecule has 0 aromatic carbocycles. The number of carbonyl (C=O) groups excluding carboxylic acids is 4. The van der Waals surface area contributed by atoms with E-state index in [2.05, 4.69) is 28.6 Å². The molecule has 29 heavy (non-hydrogen) atoms. The molecular formula is C17H31N5O6S. The van der Waals surface area contributed by atoms with Crippen LogP contribution < -0.4 is 27.4 Å². The highest BCUT2D eigenvalue weighted by atomic mass is 32.1. The van der Waals surface area contributed by atoms with E-state index >= 15 is 0 Å². The molecule has 166 valence electrons. The van der Waals surface area contributed by atoms with Crippen LogP contribution >= 0.6 is 12.6 Å². The van der Waals surface area contributed by atoms with Crippen LogP contribution in [0.2, 0.25) is 0 Å².